The largest absolute Gasteiger partial charge is 0.455 e. The number of fused-ring (bicyclic) bond motifs is 1. The van der Waals surface area contributed by atoms with E-state index in [9.17, 15) is 9.90 Å². The van der Waals surface area contributed by atoms with E-state index < -0.39 is 42.8 Å². The highest BCUT2D eigenvalue weighted by molar-refractivity contribution is 5.78. The van der Waals surface area contributed by atoms with Crippen molar-refractivity contribution in [1.82, 2.24) is 0 Å². The smallest absolute Gasteiger partial charge is 0.338 e. The minimum atomic E-state index is -1.12. The highest BCUT2D eigenvalue weighted by Gasteiger charge is 2.60. The van der Waals surface area contributed by atoms with Gasteiger partial charge in [-0.25, -0.2) is 4.79 Å². The van der Waals surface area contributed by atoms with E-state index in [1.807, 2.05) is 0 Å². The van der Waals surface area contributed by atoms with E-state index in [2.05, 4.69) is 0 Å². The molecule has 0 aromatic carbocycles. The molecule has 0 aromatic rings. The van der Waals surface area contributed by atoms with Crippen LogP contribution in [0.1, 0.15) is 32.1 Å². The molecule has 2 aliphatic heterocycles. The van der Waals surface area contributed by atoms with E-state index in [0.29, 0.717) is 0 Å². The fourth-order valence-corrected chi connectivity index (χ4v) is 3.05. The van der Waals surface area contributed by atoms with Gasteiger partial charge in [0.05, 0.1) is 6.61 Å². The maximum absolute atomic E-state index is 11.7. The van der Waals surface area contributed by atoms with Crippen LogP contribution in [0.4, 0.5) is 0 Å². The van der Waals surface area contributed by atoms with Crippen LogP contribution in [0.5, 0.6) is 0 Å². The molecule has 18 heavy (non-hydrogen) atoms. The van der Waals surface area contributed by atoms with Crippen LogP contribution < -0.4 is 0 Å². The van der Waals surface area contributed by atoms with Gasteiger partial charge in [0.25, 0.3) is 0 Å². The molecule has 1 spiro atoms. The molecule has 6 nitrogen and oxygen atoms in total. The molecule has 2 heterocycles. The van der Waals surface area contributed by atoms with Crippen molar-refractivity contribution >= 4 is 5.97 Å². The van der Waals surface area contributed by atoms with Crippen LogP contribution in [-0.2, 0) is 19.0 Å². The number of esters is 1. The summed E-state index contributed by atoms with van der Waals surface area (Å²) in [6.07, 6.45) is 1.43. The summed E-state index contributed by atoms with van der Waals surface area (Å²) in [4.78, 5) is 11.7. The fraction of sp³-hybridized carbons (Fsp3) is 0.917. The lowest BCUT2D eigenvalue weighted by atomic mass is 9.94. The first-order valence-electron chi connectivity index (χ1n) is 6.50. The average Bonchev–Trinajstić information content (AvgIpc) is 2.87. The summed E-state index contributed by atoms with van der Waals surface area (Å²) < 4.78 is 16.7. The van der Waals surface area contributed by atoms with Gasteiger partial charge in [-0.05, 0) is 12.8 Å². The summed E-state index contributed by atoms with van der Waals surface area (Å²) >= 11 is 0. The second-order valence-electron chi connectivity index (χ2n) is 5.24. The minimum absolute atomic E-state index is 0.461. The third-order valence-corrected chi connectivity index (χ3v) is 3.98. The maximum atomic E-state index is 11.7. The lowest BCUT2D eigenvalue weighted by Crippen LogP contribution is -2.41. The predicted octanol–water partition coefficient (Wildman–Crippen LogP) is -0.291. The van der Waals surface area contributed by atoms with E-state index in [4.69, 9.17) is 19.3 Å². The van der Waals surface area contributed by atoms with Gasteiger partial charge in [0.2, 0.25) is 0 Å². The van der Waals surface area contributed by atoms with Crippen molar-refractivity contribution in [2.24, 2.45) is 0 Å². The van der Waals surface area contributed by atoms with Crippen LogP contribution in [0.2, 0.25) is 0 Å². The monoisotopic (exact) mass is 258 g/mol. The molecule has 6 heteroatoms. The molecule has 4 unspecified atom stereocenters. The van der Waals surface area contributed by atoms with Gasteiger partial charge < -0.3 is 24.4 Å². The van der Waals surface area contributed by atoms with Crippen LogP contribution in [-0.4, -0.2) is 53.0 Å². The summed E-state index contributed by atoms with van der Waals surface area (Å²) in [5, 5.41) is 18.6. The normalized spacial score (nSPS) is 39.7. The number of cyclic esters (lactones) is 1. The molecular weight excluding hydrogens is 240 g/mol. The van der Waals surface area contributed by atoms with E-state index in [1.54, 1.807) is 0 Å². The maximum Gasteiger partial charge on any atom is 0.338 e. The quantitative estimate of drug-likeness (QED) is 0.662. The zero-order valence-corrected chi connectivity index (χ0v) is 10.1. The van der Waals surface area contributed by atoms with E-state index in [-0.39, 0.29) is 0 Å². The van der Waals surface area contributed by atoms with E-state index >= 15 is 0 Å². The zero-order valence-electron chi connectivity index (χ0n) is 10.1. The van der Waals surface area contributed by atoms with Gasteiger partial charge >= 0.3 is 5.97 Å². The van der Waals surface area contributed by atoms with E-state index in [1.165, 1.54) is 0 Å². The van der Waals surface area contributed by atoms with Crippen molar-refractivity contribution in [3.8, 4) is 0 Å². The van der Waals surface area contributed by atoms with Crippen molar-refractivity contribution < 1.29 is 29.2 Å². The number of hydrogen-bond acceptors (Lipinski definition) is 6. The van der Waals surface area contributed by atoms with Crippen molar-refractivity contribution in [3.63, 3.8) is 0 Å². The van der Waals surface area contributed by atoms with Gasteiger partial charge in [-0.2, -0.15) is 0 Å². The third kappa shape index (κ3) is 1.84. The molecule has 0 amide bonds. The van der Waals surface area contributed by atoms with Gasteiger partial charge in [0.1, 0.15) is 12.2 Å². The first kappa shape index (κ1) is 12.3. The molecule has 4 atom stereocenters. The first-order chi connectivity index (χ1) is 8.65. The summed E-state index contributed by atoms with van der Waals surface area (Å²) in [6.45, 7) is -0.461. The summed E-state index contributed by atoms with van der Waals surface area (Å²) in [6, 6.07) is 0. The molecule has 1 saturated carbocycles. The van der Waals surface area contributed by atoms with Crippen molar-refractivity contribution in [3.05, 3.63) is 0 Å². The number of ether oxygens (including phenoxy) is 3. The molecule has 2 saturated heterocycles. The van der Waals surface area contributed by atoms with Gasteiger partial charge in [-0.15, -0.1) is 0 Å². The molecule has 3 aliphatic rings. The van der Waals surface area contributed by atoms with Crippen LogP contribution >= 0.6 is 0 Å². The fourth-order valence-electron chi connectivity index (χ4n) is 3.05. The Bertz CT molecular complexity index is 337. The lowest BCUT2D eigenvalue weighted by Gasteiger charge is -2.33. The number of rotatable bonds is 2. The van der Waals surface area contributed by atoms with Crippen LogP contribution in [0.15, 0.2) is 0 Å². The number of carbonyl (C=O) groups excluding carboxylic acids is 1. The van der Waals surface area contributed by atoms with Crippen molar-refractivity contribution in [1.29, 1.82) is 0 Å². The molecule has 102 valence electrons. The molecule has 0 bridgehead atoms. The Balaban J connectivity index is 1.77. The number of hydrogen-bond donors (Lipinski definition) is 2. The van der Waals surface area contributed by atoms with Crippen molar-refractivity contribution in [2.75, 3.05) is 6.61 Å². The Hall–Kier alpha value is -0.690. The van der Waals surface area contributed by atoms with Crippen LogP contribution in [0.25, 0.3) is 0 Å². The minimum Gasteiger partial charge on any atom is -0.455 e. The van der Waals surface area contributed by atoms with Gasteiger partial charge in [-0.3, -0.25) is 0 Å². The zero-order chi connectivity index (χ0) is 12.8. The average molecular weight is 258 g/mol. The van der Waals surface area contributed by atoms with Gasteiger partial charge in [0, 0.05) is 12.8 Å². The van der Waals surface area contributed by atoms with E-state index in [0.717, 1.165) is 32.1 Å². The molecule has 1 aliphatic carbocycles. The summed E-state index contributed by atoms with van der Waals surface area (Å²) in [7, 11) is 0. The first-order valence-corrected chi connectivity index (χ1v) is 6.50. The second kappa shape index (κ2) is 4.45. The number of aliphatic hydroxyl groups excluding tert-OH is 2. The molecule has 0 radical (unpaired) electrons. The topological polar surface area (TPSA) is 85.2 Å². The van der Waals surface area contributed by atoms with Gasteiger partial charge in [0.15, 0.2) is 18.0 Å². The number of carbonyl (C=O) groups is 1. The Morgan fingerprint density at radius 2 is 2.00 bits per heavy atom. The summed E-state index contributed by atoms with van der Waals surface area (Å²) in [5.41, 5.74) is 0. The molecular formula is C12H18O6. The highest BCUT2D eigenvalue weighted by atomic mass is 16.8. The second-order valence-corrected chi connectivity index (χ2v) is 5.24. The standard InChI is InChI=1S/C12H18O6/c13-6-7(14)8-9-10(11(15)16-8)18-12(17-9)4-2-1-3-5-12/h7-10,13-14H,1-6H2. The molecule has 0 aromatic heterocycles. The number of aliphatic hydroxyl groups is 2. The SMILES string of the molecule is O=C1OC(C(O)CO)C2OC3(CCCCC3)OC12. The third-order valence-electron chi connectivity index (χ3n) is 3.98. The predicted molar refractivity (Wildman–Crippen MR) is 58.5 cm³/mol. The van der Waals surface area contributed by atoms with Gasteiger partial charge in [-0.1, -0.05) is 6.42 Å². The lowest BCUT2D eigenvalue weighted by molar-refractivity contribution is -0.222. The van der Waals surface area contributed by atoms with Crippen LogP contribution in [0.3, 0.4) is 0 Å². The Morgan fingerprint density at radius 3 is 2.67 bits per heavy atom. The van der Waals surface area contributed by atoms with Crippen molar-refractivity contribution in [2.45, 2.75) is 62.3 Å². The van der Waals surface area contributed by atoms with Crippen LogP contribution in [0, 0.1) is 0 Å². The Kier molecular flexibility index (Phi) is 3.05. The summed E-state index contributed by atoms with van der Waals surface area (Å²) in [5.74, 6) is -1.18. The molecule has 3 fully saturated rings. The Labute approximate surface area is 105 Å². The molecule has 3 rings (SSSR count). The Morgan fingerprint density at radius 1 is 1.28 bits per heavy atom. The molecule has 2 N–H and O–H groups in total. The highest BCUT2D eigenvalue weighted by Crippen LogP contribution is 2.44.